The van der Waals surface area contributed by atoms with Crippen molar-refractivity contribution in [3.63, 3.8) is 0 Å². The first-order chi connectivity index (χ1) is 20.6. The number of aliphatic hydroxyl groups excluding tert-OH is 2. The quantitative estimate of drug-likeness (QED) is 0.115. The molecule has 0 saturated carbocycles. The number of benzene rings is 1. The lowest BCUT2D eigenvalue weighted by atomic mass is 10.1. The average molecular weight is 690 g/mol. The summed E-state index contributed by atoms with van der Waals surface area (Å²) in [5.41, 5.74) is 1.40. The lowest BCUT2D eigenvalue weighted by molar-refractivity contribution is -0.0541. The molecule has 0 amide bonds. The maximum Gasteiger partial charge on any atom is 0.536 e. The molecule has 3 unspecified atom stereocenters. The molecule has 7 atom stereocenters. The fraction of sp³-hybridized carbons (Fsp3) is 0.545. The van der Waals surface area contributed by atoms with E-state index in [2.05, 4.69) is 58.6 Å². The molecule has 1 fully saturated rings. The Morgan fingerprint density at radius 1 is 0.932 bits per heavy atom. The van der Waals surface area contributed by atoms with E-state index in [1.807, 2.05) is 0 Å². The molecule has 6 N–H and O–H groups in total. The van der Waals surface area contributed by atoms with Crippen LogP contribution in [0.3, 0.4) is 0 Å². The molecular weight excluding hydrogens is 653 g/mol. The highest BCUT2D eigenvalue weighted by Crippen LogP contribution is 2.67. The van der Waals surface area contributed by atoms with Crippen LogP contribution in [0.5, 0.6) is 5.75 Å². The number of aliphatic hydroxyl groups is 2. The van der Waals surface area contributed by atoms with Crippen molar-refractivity contribution >= 4 is 29.3 Å². The van der Waals surface area contributed by atoms with Crippen LogP contribution < -0.4 is 15.7 Å². The van der Waals surface area contributed by atoms with Crippen LogP contribution >= 0.6 is 23.5 Å². The Kier molecular flexibility index (Phi) is 14.8. The number of hydrogen-bond acceptors (Lipinski definition) is 15. The summed E-state index contributed by atoms with van der Waals surface area (Å²) < 4.78 is 59.2. The van der Waals surface area contributed by atoms with Crippen LogP contribution in [0.4, 0.5) is 5.82 Å². The van der Waals surface area contributed by atoms with Crippen molar-refractivity contribution in [3.05, 3.63) is 53.1 Å². The summed E-state index contributed by atoms with van der Waals surface area (Å²) in [4.78, 5) is 51.8. The van der Waals surface area contributed by atoms with Crippen LogP contribution in [0, 0.1) is 0 Å². The lowest BCUT2D eigenvalue weighted by Crippen LogP contribution is -2.36. The highest BCUT2D eigenvalue weighted by molar-refractivity contribution is 7.67. The van der Waals surface area contributed by atoms with Crippen molar-refractivity contribution in [2.75, 3.05) is 38.8 Å². The number of phosphoric acid groups is 3. The van der Waals surface area contributed by atoms with Gasteiger partial charge >= 0.3 is 29.2 Å². The zero-order valence-electron chi connectivity index (χ0n) is 24.2. The van der Waals surface area contributed by atoms with E-state index in [1.165, 1.54) is 57.1 Å². The molecule has 1 aromatic carbocycles. The molecule has 0 radical (unpaired) electrons. The summed E-state index contributed by atoms with van der Waals surface area (Å²) in [7, 11) is -15.3. The molecule has 1 saturated heterocycles. The number of para-hydroxylation sites is 1. The number of nitrogens with one attached hydrogen (secondary N) is 1. The Balaban J connectivity index is 0.000000860. The number of rotatable bonds is 15. The Morgan fingerprint density at radius 2 is 1.52 bits per heavy atom. The molecule has 2 aromatic rings. The van der Waals surface area contributed by atoms with Gasteiger partial charge in [-0.25, -0.2) is 24.0 Å². The standard InChI is InChI=1S/C16H22N3O15P3.C6H15N/c1-29-18-12-7-8-19(16(22)17-12)15-14(21)13(20)11(31-15)9-30-35(23,24)33-37(27,28)34-36(25,26)32-10-5-3-2-4-6-10;1-4-7(5-2)6-3/h2-8,11,13-15,20-21H,9H2,1H3,(H,23,24)(H,25,26)(H,27,28)(H,17,18,22);4-6H2,1-3H3/t11-,13-,14-,15-;/m1./s1. The number of ether oxygens (including phenoxy) is 1. The van der Waals surface area contributed by atoms with Gasteiger partial charge in [0, 0.05) is 6.20 Å². The van der Waals surface area contributed by atoms with Crippen molar-refractivity contribution in [2.45, 2.75) is 45.3 Å². The molecule has 22 heteroatoms. The maximum absolute atomic E-state index is 12.2. The Bertz CT molecular complexity index is 1370. The monoisotopic (exact) mass is 690 g/mol. The van der Waals surface area contributed by atoms with Gasteiger partial charge in [0.05, 0.1) is 13.7 Å². The molecule has 1 aliphatic rings. The second-order valence-electron chi connectivity index (χ2n) is 8.74. The van der Waals surface area contributed by atoms with Gasteiger partial charge in [-0.05, 0) is 37.8 Å². The molecule has 0 spiro atoms. The zero-order valence-corrected chi connectivity index (χ0v) is 26.9. The first-order valence-corrected chi connectivity index (χ1v) is 17.5. The van der Waals surface area contributed by atoms with E-state index in [1.54, 1.807) is 6.07 Å². The minimum absolute atomic E-state index is 0.0345. The summed E-state index contributed by atoms with van der Waals surface area (Å²) in [5.74, 6) is -0.191. The molecule has 0 bridgehead atoms. The minimum Gasteiger partial charge on any atom is -0.404 e. The van der Waals surface area contributed by atoms with Gasteiger partial charge in [0.1, 0.15) is 24.1 Å². The molecule has 0 aliphatic carbocycles. The predicted molar refractivity (Wildman–Crippen MR) is 153 cm³/mol. The molecule has 250 valence electrons. The van der Waals surface area contributed by atoms with Crippen LogP contribution in [-0.4, -0.2) is 91.0 Å². The van der Waals surface area contributed by atoms with Gasteiger partial charge in [0.15, 0.2) is 12.0 Å². The van der Waals surface area contributed by atoms with Gasteiger partial charge < -0.3 is 34.2 Å². The third-order valence-electron chi connectivity index (χ3n) is 5.77. The summed E-state index contributed by atoms with van der Waals surface area (Å²) >= 11 is 0. The second-order valence-corrected chi connectivity index (χ2v) is 13.3. The summed E-state index contributed by atoms with van der Waals surface area (Å²) in [5, 5.41) is 20.4. The third kappa shape index (κ3) is 12.0. The van der Waals surface area contributed by atoms with Crippen LogP contribution in [0.1, 0.15) is 27.0 Å². The molecule has 19 nitrogen and oxygen atoms in total. The first-order valence-electron chi connectivity index (χ1n) is 13.0. The van der Waals surface area contributed by atoms with E-state index < -0.39 is 60.3 Å². The summed E-state index contributed by atoms with van der Waals surface area (Å²) in [6.45, 7) is 9.12. The minimum atomic E-state index is -5.74. The van der Waals surface area contributed by atoms with Crippen LogP contribution in [0.15, 0.2) is 47.4 Å². The lowest BCUT2D eigenvalue weighted by Gasteiger charge is -2.20. The van der Waals surface area contributed by atoms with Crippen molar-refractivity contribution in [2.24, 2.45) is 0 Å². The van der Waals surface area contributed by atoms with Gasteiger partial charge in [-0.2, -0.15) is 13.6 Å². The van der Waals surface area contributed by atoms with E-state index >= 15 is 0 Å². The topological polar surface area (TPSA) is 258 Å². The summed E-state index contributed by atoms with van der Waals surface area (Å²) in [6, 6.07) is 8.11. The number of aromatic nitrogens is 2. The van der Waals surface area contributed by atoms with Crippen molar-refractivity contribution in [1.29, 1.82) is 0 Å². The Hall–Kier alpha value is -2.05. The van der Waals surface area contributed by atoms with Gasteiger partial charge in [-0.3, -0.25) is 18.8 Å². The molecular formula is C22H37N4O15P3. The van der Waals surface area contributed by atoms with E-state index in [0.717, 1.165) is 10.8 Å². The number of anilines is 1. The molecule has 2 heterocycles. The van der Waals surface area contributed by atoms with Crippen molar-refractivity contribution in [3.8, 4) is 5.75 Å². The van der Waals surface area contributed by atoms with Crippen molar-refractivity contribution in [1.82, 2.24) is 14.5 Å². The molecule has 1 aliphatic heterocycles. The van der Waals surface area contributed by atoms with E-state index in [9.17, 15) is 43.4 Å². The van der Waals surface area contributed by atoms with E-state index in [4.69, 9.17) is 4.74 Å². The average Bonchev–Trinajstić information content (AvgIpc) is 3.21. The van der Waals surface area contributed by atoms with E-state index in [-0.39, 0.29) is 11.6 Å². The molecule has 3 rings (SSSR count). The Morgan fingerprint density at radius 3 is 2.05 bits per heavy atom. The largest absolute Gasteiger partial charge is 0.536 e. The third-order valence-corrected chi connectivity index (χ3v) is 9.99. The fourth-order valence-electron chi connectivity index (χ4n) is 3.63. The van der Waals surface area contributed by atoms with Gasteiger partial charge in [0.25, 0.3) is 0 Å². The second kappa shape index (κ2) is 17.0. The normalized spacial score (nSPS) is 24.0. The van der Waals surface area contributed by atoms with Gasteiger partial charge in [0.2, 0.25) is 0 Å². The van der Waals surface area contributed by atoms with Crippen molar-refractivity contribution < 1.29 is 65.8 Å². The highest BCUT2D eigenvalue weighted by Gasteiger charge is 2.47. The van der Waals surface area contributed by atoms with Crippen LogP contribution in [-0.2, 0) is 36.4 Å². The predicted octanol–water partition coefficient (Wildman–Crippen LogP) is 1.61. The highest BCUT2D eigenvalue weighted by atomic mass is 31.3. The van der Waals surface area contributed by atoms with Crippen LogP contribution in [0.25, 0.3) is 0 Å². The Labute approximate surface area is 252 Å². The van der Waals surface area contributed by atoms with Crippen LogP contribution in [0.2, 0.25) is 0 Å². The van der Waals surface area contributed by atoms with E-state index in [0.29, 0.717) is 0 Å². The smallest absolute Gasteiger partial charge is 0.404 e. The van der Waals surface area contributed by atoms with Gasteiger partial charge in [-0.1, -0.05) is 39.0 Å². The SMILES string of the molecule is CCN(CC)CC.CONc1ccn([C@@H]2O[C@H](COP(=O)(O)OP(=O)(O)OP(=O)(O)Oc3ccccc3)[C@@H](O)[C@H]2O)c(=O)n1. The summed E-state index contributed by atoms with van der Waals surface area (Å²) in [6.07, 6.45) is -5.37. The fourth-order valence-corrected chi connectivity index (χ4v) is 7.15. The molecule has 44 heavy (non-hydrogen) atoms. The van der Waals surface area contributed by atoms with Gasteiger partial charge in [-0.15, -0.1) is 0 Å². The number of nitrogens with zero attached hydrogens (tertiary/aromatic N) is 3. The maximum atomic E-state index is 12.2. The number of phosphoric ester groups is 2. The number of hydrogen-bond donors (Lipinski definition) is 6. The zero-order chi connectivity index (χ0) is 33.1. The molecule has 1 aromatic heterocycles. The first kappa shape index (κ1) is 38.1.